The number of nitrogens with zero attached hydrogens (tertiary/aromatic N) is 1. The number of hydrogen-bond acceptors (Lipinski definition) is 3. The predicted octanol–water partition coefficient (Wildman–Crippen LogP) is 3.21. The molecule has 5 nitrogen and oxygen atoms in total. The zero-order valence-corrected chi connectivity index (χ0v) is 12.6. The Balaban J connectivity index is 1.92. The highest BCUT2D eigenvalue weighted by Crippen LogP contribution is 2.20. The molecular weight excluding hydrogens is 321 g/mol. The van der Waals surface area contributed by atoms with E-state index in [4.69, 9.17) is 16.9 Å². The van der Waals surface area contributed by atoms with Crippen LogP contribution in [0.25, 0.3) is 0 Å². The lowest BCUT2D eigenvalue weighted by molar-refractivity contribution is 0.170. The normalized spacial score (nSPS) is 11.4. The summed E-state index contributed by atoms with van der Waals surface area (Å²) in [6.07, 6.45) is -1.16. The van der Waals surface area contributed by atoms with Gasteiger partial charge in [-0.15, -0.1) is 0 Å². The number of aliphatic hydroxyl groups is 1. The van der Waals surface area contributed by atoms with E-state index in [0.29, 0.717) is 11.3 Å². The van der Waals surface area contributed by atoms with Crippen LogP contribution in [0.2, 0.25) is 5.02 Å². The third kappa shape index (κ3) is 4.42. The molecule has 1 atom stereocenters. The number of carbonyl (C=O) groups is 1. The molecule has 0 radical (unpaired) electrons. The van der Waals surface area contributed by atoms with E-state index in [1.54, 1.807) is 6.07 Å². The Morgan fingerprint density at radius 2 is 2.09 bits per heavy atom. The van der Waals surface area contributed by atoms with Crippen molar-refractivity contribution in [2.45, 2.75) is 6.10 Å². The first-order valence-electron chi connectivity index (χ1n) is 6.68. The molecular formula is C16H13ClFN3O2. The van der Waals surface area contributed by atoms with Gasteiger partial charge in [0.1, 0.15) is 11.9 Å². The monoisotopic (exact) mass is 333 g/mol. The van der Waals surface area contributed by atoms with Crippen LogP contribution in [0.4, 0.5) is 14.9 Å². The third-order valence-electron chi connectivity index (χ3n) is 3.07. The fraction of sp³-hybridized carbons (Fsp3) is 0.125. The zero-order valence-electron chi connectivity index (χ0n) is 11.9. The lowest BCUT2D eigenvalue weighted by atomic mass is 10.1. The van der Waals surface area contributed by atoms with Gasteiger partial charge in [-0.1, -0.05) is 29.8 Å². The topological polar surface area (TPSA) is 85.2 Å². The molecule has 0 fully saturated rings. The summed E-state index contributed by atoms with van der Waals surface area (Å²) in [6, 6.07) is 11.6. The van der Waals surface area contributed by atoms with Crippen molar-refractivity contribution in [2.75, 3.05) is 11.9 Å². The molecule has 2 rings (SSSR count). The first-order valence-corrected chi connectivity index (χ1v) is 7.06. The molecule has 0 bridgehead atoms. The lowest BCUT2D eigenvalue weighted by Gasteiger charge is -2.13. The summed E-state index contributed by atoms with van der Waals surface area (Å²) in [4.78, 5) is 11.8. The minimum Gasteiger partial charge on any atom is -0.386 e. The van der Waals surface area contributed by atoms with E-state index in [2.05, 4.69) is 10.6 Å². The van der Waals surface area contributed by atoms with E-state index < -0.39 is 18.0 Å². The van der Waals surface area contributed by atoms with E-state index in [1.165, 1.54) is 36.4 Å². The number of nitrogens with one attached hydrogen (secondary N) is 2. The highest BCUT2D eigenvalue weighted by atomic mass is 35.5. The lowest BCUT2D eigenvalue weighted by Crippen LogP contribution is -2.32. The zero-order chi connectivity index (χ0) is 16.8. The number of aliphatic hydroxyl groups excluding tert-OH is 1. The van der Waals surface area contributed by atoms with Crippen LogP contribution in [-0.2, 0) is 0 Å². The fourth-order valence-electron chi connectivity index (χ4n) is 1.90. The molecule has 0 aliphatic rings. The number of benzene rings is 2. The van der Waals surface area contributed by atoms with Gasteiger partial charge >= 0.3 is 6.03 Å². The molecule has 0 aromatic heterocycles. The van der Waals surface area contributed by atoms with Crippen LogP contribution in [0.3, 0.4) is 0 Å². The second kappa shape index (κ2) is 7.58. The van der Waals surface area contributed by atoms with E-state index in [0.717, 1.165) is 0 Å². The van der Waals surface area contributed by atoms with Crippen LogP contribution >= 0.6 is 11.6 Å². The van der Waals surface area contributed by atoms with Gasteiger partial charge in [-0.2, -0.15) is 5.26 Å². The molecule has 23 heavy (non-hydrogen) atoms. The van der Waals surface area contributed by atoms with Gasteiger partial charge in [0.25, 0.3) is 0 Å². The van der Waals surface area contributed by atoms with Crippen molar-refractivity contribution in [3.05, 3.63) is 64.4 Å². The second-order valence-electron chi connectivity index (χ2n) is 4.68. The number of nitriles is 1. The van der Waals surface area contributed by atoms with Gasteiger partial charge in [-0.3, -0.25) is 0 Å². The van der Waals surface area contributed by atoms with Gasteiger partial charge in [0.2, 0.25) is 0 Å². The number of halogens is 2. The first-order chi connectivity index (χ1) is 11.0. The molecule has 3 N–H and O–H groups in total. The molecule has 0 heterocycles. The quantitative estimate of drug-likeness (QED) is 0.803. The Morgan fingerprint density at radius 1 is 1.35 bits per heavy atom. The van der Waals surface area contributed by atoms with Gasteiger partial charge < -0.3 is 15.7 Å². The van der Waals surface area contributed by atoms with Gasteiger partial charge in [0, 0.05) is 17.8 Å². The molecule has 2 aromatic carbocycles. The number of amides is 2. The molecule has 0 saturated carbocycles. The highest BCUT2D eigenvalue weighted by molar-refractivity contribution is 6.32. The Bertz CT molecular complexity index is 761. The number of carbonyl (C=O) groups excluding carboxylic acids is 1. The SMILES string of the molecule is N#Cc1ccc(NC(=O)NC[C@@H](O)c2ccccc2F)cc1Cl. The maximum absolute atomic E-state index is 13.5. The third-order valence-corrected chi connectivity index (χ3v) is 3.38. The minimum absolute atomic E-state index is 0.106. The molecule has 0 aliphatic heterocycles. The van der Waals surface area contributed by atoms with Crippen molar-refractivity contribution in [1.82, 2.24) is 5.32 Å². The first kappa shape index (κ1) is 16.7. The van der Waals surface area contributed by atoms with E-state index in [-0.39, 0.29) is 17.1 Å². The van der Waals surface area contributed by atoms with Crippen molar-refractivity contribution in [3.8, 4) is 6.07 Å². The summed E-state index contributed by atoms with van der Waals surface area (Å²) in [5, 5.41) is 23.8. The average molecular weight is 334 g/mol. The van der Waals surface area contributed by atoms with Crippen LogP contribution in [0.1, 0.15) is 17.2 Å². The predicted molar refractivity (Wildman–Crippen MR) is 84.5 cm³/mol. The average Bonchev–Trinajstić information content (AvgIpc) is 2.53. The van der Waals surface area contributed by atoms with Crippen LogP contribution < -0.4 is 10.6 Å². The maximum Gasteiger partial charge on any atom is 0.319 e. The number of rotatable bonds is 4. The van der Waals surface area contributed by atoms with Crippen molar-refractivity contribution < 1.29 is 14.3 Å². The molecule has 118 valence electrons. The minimum atomic E-state index is -1.16. The molecule has 0 aliphatic carbocycles. The molecule has 0 saturated heterocycles. The Morgan fingerprint density at radius 3 is 2.74 bits per heavy atom. The maximum atomic E-state index is 13.5. The van der Waals surface area contributed by atoms with Crippen molar-refractivity contribution in [1.29, 1.82) is 5.26 Å². The van der Waals surface area contributed by atoms with Crippen LogP contribution in [0.15, 0.2) is 42.5 Å². The Hall–Kier alpha value is -2.62. The van der Waals surface area contributed by atoms with Gasteiger partial charge in [0.15, 0.2) is 0 Å². The fourth-order valence-corrected chi connectivity index (χ4v) is 2.13. The van der Waals surface area contributed by atoms with Crippen LogP contribution in [0, 0.1) is 17.1 Å². The smallest absolute Gasteiger partial charge is 0.319 e. The van der Waals surface area contributed by atoms with Crippen molar-refractivity contribution in [3.63, 3.8) is 0 Å². The van der Waals surface area contributed by atoms with Crippen LogP contribution in [-0.4, -0.2) is 17.7 Å². The summed E-state index contributed by atoms with van der Waals surface area (Å²) in [5.74, 6) is -0.541. The van der Waals surface area contributed by atoms with Crippen molar-refractivity contribution >= 4 is 23.3 Å². The largest absolute Gasteiger partial charge is 0.386 e. The Kier molecular flexibility index (Phi) is 5.52. The molecule has 0 unspecified atom stereocenters. The van der Waals surface area contributed by atoms with Gasteiger partial charge in [-0.25, -0.2) is 9.18 Å². The summed E-state index contributed by atoms with van der Waals surface area (Å²) in [5.41, 5.74) is 0.800. The van der Waals surface area contributed by atoms with Gasteiger partial charge in [-0.05, 0) is 24.3 Å². The molecule has 2 amide bonds. The summed E-state index contributed by atoms with van der Waals surface area (Å²) >= 11 is 5.86. The van der Waals surface area contributed by atoms with Crippen LogP contribution in [0.5, 0.6) is 0 Å². The summed E-state index contributed by atoms with van der Waals surface area (Å²) in [7, 11) is 0. The van der Waals surface area contributed by atoms with E-state index >= 15 is 0 Å². The molecule has 0 spiro atoms. The number of hydrogen-bond donors (Lipinski definition) is 3. The number of urea groups is 1. The van der Waals surface area contributed by atoms with Crippen molar-refractivity contribution in [2.24, 2.45) is 0 Å². The highest BCUT2D eigenvalue weighted by Gasteiger charge is 2.13. The van der Waals surface area contributed by atoms with Gasteiger partial charge in [0.05, 0.1) is 16.7 Å². The molecule has 2 aromatic rings. The standard InChI is InChI=1S/C16H13ClFN3O2/c17-13-7-11(6-5-10(13)8-19)21-16(23)20-9-15(22)12-3-1-2-4-14(12)18/h1-7,15,22H,9H2,(H2,20,21,23)/t15-/m1/s1. The number of anilines is 1. The molecule has 7 heteroatoms. The summed E-state index contributed by atoms with van der Waals surface area (Å²) < 4.78 is 13.5. The second-order valence-corrected chi connectivity index (χ2v) is 5.09. The van der Waals surface area contributed by atoms with E-state index in [1.807, 2.05) is 6.07 Å². The summed E-state index contributed by atoms with van der Waals surface area (Å²) in [6.45, 7) is -0.156. The van der Waals surface area contributed by atoms with E-state index in [9.17, 15) is 14.3 Å². The Labute approximate surface area is 137 Å².